The predicted molar refractivity (Wildman–Crippen MR) is 110 cm³/mol. The third kappa shape index (κ3) is 4.34. The van der Waals surface area contributed by atoms with Crippen molar-refractivity contribution in [3.63, 3.8) is 0 Å². The number of benzene rings is 1. The zero-order valence-electron chi connectivity index (χ0n) is 16.2. The van der Waals surface area contributed by atoms with Crippen molar-refractivity contribution in [1.29, 1.82) is 0 Å². The van der Waals surface area contributed by atoms with E-state index in [9.17, 15) is 9.59 Å². The standard InChI is InChI=1S/C21H24ClN3O4/c1-13-20(22)18(4-7-23-13)28-11-14-5-8-25(9-6-14)21(27)15-2-3-17-16(10-15)24-19(26)12-29-17/h2-4,7,10,13-14,23H,5-6,8-9,11-12H2,1H3,(H,24,26). The summed E-state index contributed by atoms with van der Waals surface area (Å²) in [7, 11) is 0. The Hall–Kier alpha value is -2.67. The Morgan fingerprint density at radius 2 is 2.14 bits per heavy atom. The summed E-state index contributed by atoms with van der Waals surface area (Å²) in [5, 5.41) is 6.56. The summed E-state index contributed by atoms with van der Waals surface area (Å²) in [6.45, 7) is 3.92. The fraction of sp³-hybridized carbons (Fsp3) is 0.429. The summed E-state index contributed by atoms with van der Waals surface area (Å²) in [6.07, 6.45) is 5.44. The fourth-order valence-corrected chi connectivity index (χ4v) is 3.84. The highest BCUT2D eigenvalue weighted by molar-refractivity contribution is 6.30. The van der Waals surface area contributed by atoms with Gasteiger partial charge in [-0.2, -0.15) is 0 Å². The summed E-state index contributed by atoms with van der Waals surface area (Å²) in [6, 6.07) is 5.21. The molecule has 0 aliphatic carbocycles. The molecule has 7 nitrogen and oxygen atoms in total. The van der Waals surface area contributed by atoms with Gasteiger partial charge in [-0.3, -0.25) is 9.59 Å². The van der Waals surface area contributed by atoms with Gasteiger partial charge in [-0.25, -0.2) is 0 Å². The van der Waals surface area contributed by atoms with Crippen LogP contribution in [0.4, 0.5) is 5.69 Å². The van der Waals surface area contributed by atoms with E-state index in [1.807, 2.05) is 24.1 Å². The van der Waals surface area contributed by atoms with Gasteiger partial charge in [-0.05, 0) is 50.0 Å². The van der Waals surface area contributed by atoms with E-state index in [0.717, 1.165) is 18.6 Å². The molecule has 8 heteroatoms. The zero-order valence-corrected chi connectivity index (χ0v) is 17.0. The van der Waals surface area contributed by atoms with Crippen molar-refractivity contribution in [2.24, 2.45) is 5.92 Å². The lowest BCUT2D eigenvalue weighted by molar-refractivity contribution is -0.118. The van der Waals surface area contributed by atoms with Crippen LogP contribution in [0.1, 0.15) is 30.1 Å². The first kappa shape index (κ1) is 19.6. The molecule has 1 unspecified atom stereocenters. The van der Waals surface area contributed by atoms with Gasteiger partial charge in [-0.1, -0.05) is 11.6 Å². The Morgan fingerprint density at radius 3 is 2.93 bits per heavy atom. The van der Waals surface area contributed by atoms with Crippen molar-refractivity contribution < 1.29 is 19.1 Å². The average molecular weight is 418 g/mol. The van der Waals surface area contributed by atoms with Crippen LogP contribution in [0, 0.1) is 5.92 Å². The van der Waals surface area contributed by atoms with Crippen LogP contribution in [0.25, 0.3) is 0 Å². The van der Waals surface area contributed by atoms with Crippen LogP contribution in [0.3, 0.4) is 0 Å². The van der Waals surface area contributed by atoms with Gasteiger partial charge in [0.15, 0.2) is 6.61 Å². The minimum absolute atomic E-state index is 0.00318. The van der Waals surface area contributed by atoms with Gasteiger partial charge in [0, 0.05) is 24.9 Å². The number of ether oxygens (including phenoxy) is 2. The number of hydrogen-bond acceptors (Lipinski definition) is 5. The first-order valence-electron chi connectivity index (χ1n) is 9.82. The Kier molecular flexibility index (Phi) is 5.67. The van der Waals surface area contributed by atoms with Gasteiger partial charge in [-0.15, -0.1) is 0 Å². The van der Waals surface area contributed by atoms with Crippen molar-refractivity contribution in [1.82, 2.24) is 10.2 Å². The average Bonchev–Trinajstić information content (AvgIpc) is 2.74. The monoisotopic (exact) mass is 417 g/mol. The molecule has 0 bridgehead atoms. The molecule has 3 aliphatic heterocycles. The largest absolute Gasteiger partial charge is 0.492 e. The third-order valence-electron chi connectivity index (χ3n) is 5.43. The maximum atomic E-state index is 12.9. The molecule has 0 spiro atoms. The molecule has 3 aliphatic rings. The first-order valence-corrected chi connectivity index (χ1v) is 10.2. The van der Waals surface area contributed by atoms with Crippen molar-refractivity contribution in [3.8, 4) is 5.75 Å². The lowest BCUT2D eigenvalue weighted by Gasteiger charge is -2.32. The van der Waals surface area contributed by atoms with Gasteiger partial charge in [0.25, 0.3) is 11.8 Å². The number of carbonyl (C=O) groups is 2. The van der Waals surface area contributed by atoms with Crippen LogP contribution >= 0.6 is 11.6 Å². The number of anilines is 1. The maximum absolute atomic E-state index is 12.9. The number of hydrogen-bond donors (Lipinski definition) is 2. The molecule has 1 aromatic rings. The summed E-state index contributed by atoms with van der Waals surface area (Å²) < 4.78 is 11.3. The molecule has 1 aromatic carbocycles. The Morgan fingerprint density at radius 1 is 1.34 bits per heavy atom. The molecule has 29 heavy (non-hydrogen) atoms. The second kappa shape index (κ2) is 8.37. The molecule has 2 N–H and O–H groups in total. The van der Waals surface area contributed by atoms with Crippen molar-refractivity contribution >= 4 is 29.1 Å². The number of carbonyl (C=O) groups excluding carboxylic acids is 2. The molecular weight excluding hydrogens is 394 g/mol. The molecule has 0 radical (unpaired) electrons. The maximum Gasteiger partial charge on any atom is 0.262 e. The van der Waals surface area contributed by atoms with E-state index in [2.05, 4.69) is 10.6 Å². The molecule has 1 fully saturated rings. The van der Waals surface area contributed by atoms with Gasteiger partial charge >= 0.3 is 0 Å². The SMILES string of the molecule is CC1NC=CC(OCC2CCN(C(=O)c3ccc4c(c3)NC(=O)CO4)CC2)=C1Cl. The number of nitrogens with zero attached hydrogens (tertiary/aromatic N) is 1. The van der Waals surface area contributed by atoms with Crippen LogP contribution in [0.15, 0.2) is 41.3 Å². The molecule has 3 heterocycles. The summed E-state index contributed by atoms with van der Waals surface area (Å²) in [5.41, 5.74) is 1.10. The van der Waals surface area contributed by atoms with E-state index in [0.29, 0.717) is 47.6 Å². The lowest BCUT2D eigenvalue weighted by atomic mass is 9.97. The third-order valence-corrected chi connectivity index (χ3v) is 5.95. The van der Waals surface area contributed by atoms with Crippen LogP contribution in [0.2, 0.25) is 0 Å². The summed E-state index contributed by atoms with van der Waals surface area (Å²) in [4.78, 5) is 26.2. The topological polar surface area (TPSA) is 79.9 Å². The highest BCUT2D eigenvalue weighted by Gasteiger charge is 2.26. The van der Waals surface area contributed by atoms with Crippen LogP contribution < -0.4 is 15.4 Å². The summed E-state index contributed by atoms with van der Waals surface area (Å²) in [5.74, 6) is 1.44. The van der Waals surface area contributed by atoms with E-state index < -0.39 is 0 Å². The molecule has 0 saturated carbocycles. The van der Waals surface area contributed by atoms with Crippen LogP contribution in [-0.2, 0) is 9.53 Å². The van der Waals surface area contributed by atoms with Crippen LogP contribution in [0.5, 0.6) is 5.75 Å². The van der Waals surface area contributed by atoms with Crippen molar-refractivity contribution in [2.75, 3.05) is 31.6 Å². The first-order chi connectivity index (χ1) is 14.0. The predicted octanol–water partition coefficient (Wildman–Crippen LogP) is 2.84. The van der Waals surface area contributed by atoms with E-state index in [1.54, 1.807) is 18.2 Å². The molecule has 2 amide bonds. The quantitative estimate of drug-likeness (QED) is 0.787. The number of halogens is 1. The normalized spacial score (nSPS) is 21.8. The number of dihydropyridines is 1. The Balaban J connectivity index is 1.31. The zero-order chi connectivity index (χ0) is 20.4. The van der Waals surface area contributed by atoms with Gasteiger partial charge in [0.1, 0.15) is 11.5 Å². The fourth-order valence-electron chi connectivity index (χ4n) is 3.66. The second-order valence-corrected chi connectivity index (χ2v) is 7.94. The minimum atomic E-state index is -0.212. The van der Waals surface area contributed by atoms with E-state index in [-0.39, 0.29) is 24.5 Å². The smallest absolute Gasteiger partial charge is 0.262 e. The van der Waals surface area contributed by atoms with E-state index >= 15 is 0 Å². The molecule has 4 rings (SSSR count). The van der Waals surface area contributed by atoms with Crippen molar-refractivity contribution in [3.05, 3.63) is 46.8 Å². The number of nitrogens with one attached hydrogen (secondary N) is 2. The lowest BCUT2D eigenvalue weighted by Crippen LogP contribution is -2.39. The molecule has 1 saturated heterocycles. The van der Waals surface area contributed by atoms with E-state index in [4.69, 9.17) is 21.1 Å². The highest BCUT2D eigenvalue weighted by atomic mass is 35.5. The Labute approximate surface area is 174 Å². The number of rotatable bonds is 4. The number of piperidine rings is 1. The van der Waals surface area contributed by atoms with Gasteiger partial charge in [0.05, 0.1) is 23.4 Å². The molecule has 0 aromatic heterocycles. The van der Waals surface area contributed by atoms with Gasteiger partial charge < -0.3 is 25.0 Å². The Bertz CT molecular complexity index is 875. The van der Waals surface area contributed by atoms with E-state index in [1.165, 1.54) is 0 Å². The van der Waals surface area contributed by atoms with Crippen LogP contribution in [-0.4, -0.2) is 49.1 Å². The van der Waals surface area contributed by atoms with Crippen molar-refractivity contribution in [2.45, 2.75) is 25.8 Å². The summed E-state index contributed by atoms with van der Waals surface area (Å²) >= 11 is 6.30. The minimum Gasteiger partial charge on any atom is -0.492 e. The molecular formula is C21H24ClN3O4. The number of allylic oxidation sites excluding steroid dienone is 1. The molecule has 1 atom stereocenters. The van der Waals surface area contributed by atoms with Gasteiger partial charge in [0.2, 0.25) is 0 Å². The number of likely N-dealkylation sites (tertiary alicyclic amines) is 1. The molecule has 154 valence electrons. The second-order valence-electron chi connectivity index (χ2n) is 7.53. The highest BCUT2D eigenvalue weighted by Crippen LogP contribution is 2.30. The number of amides is 2. The number of fused-ring (bicyclic) bond motifs is 1.